The van der Waals surface area contributed by atoms with Crippen molar-refractivity contribution in [3.63, 3.8) is 0 Å². The maximum atomic E-state index is 6.21. The number of halogens is 1. The van der Waals surface area contributed by atoms with Gasteiger partial charge in [0.05, 0.1) is 3.70 Å². The van der Waals surface area contributed by atoms with E-state index in [1.165, 1.54) is 31.3 Å². The van der Waals surface area contributed by atoms with Crippen molar-refractivity contribution in [3.8, 4) is 0 Å². The second-order valence-electron chi connectivity index (χ2n) is 6.85. The molecule has 0 radical (unpaired) electrons. The van der Waals surface area contributed by atoms with E-state index in [1.807, 2.05) is 5.01 Å². The fourth-order valence-corrected chi connectivity index (χ4v) is 5.42. The largest absolute Gasteiger partial charge is 0.361 e. The molecule has 0 aliphatic carbocycles. The first-order valence-electron chi connectivity index (χ1n) is 9.40. The maximum Gasteiger partial charge on any atom is 0.0792 e. The molecule has 2 aromatic heterocycles. The molecular formula is C21H26IN5. The van der Waals surface area contributed by atoms with Crippen molar-refractivity contribution < 1.29 is 0 Å². The van der Waals surface area contributed by atoms with Crippen LogP contribution in [-0.2, 0) is 13.1 Å². The van der Waals surface area contributed by atoms with E-state index in [1.54, 1.807) is 0 Å². The predicted molar refractivity (Wildman–Crippen MR) is 122 cm³/mol. The highest BCUT2D eigenvalue weighted by Crippen LogP contribution is 2.24. The van der Waals surface area contributed by atoms with Crippen LogP contribution in [0.1, 0.15) is 29.5 Å². The van der Waals surface area contributed by atoms with Crippen LogP contribution in [0.15, 0.2) is 42.7 Å². The van der Waals surface area contributed by atoms with Crippen molar-refractivity contribution in [2.75, 3.05) is 13.1 Å². The zero-order valence-corrected chi connectivity index (χ0v) is 17.5. The van der Waals surface area contributed by atoms with Crippen LogP contribution >= 0.6 is 20.7 Å². The number of para-hydroxylation sites is 1. The third-order valence-electron chi connectivity index (χ3n) is 4.88. The quantitative estimate of drug-likeness (QED) is 0.165. The van der Waals surface area contributed by atoms with Crippen LogP contribution in [0.2, 0.25) is 0 Å². The summed E-state index contributed by atoms with van der Waals surface area (Å²) in [4.78, 5) is 6.74. The highest BCUT2D eigenvalue weighted by Gasteiger charge is 2.09. The molecule has 0 fully saturated rings. The molecule has 5 N–H and O–H groups in total. The molecule has 0 atom stereocenters. The van der Waals surface area contributed by atoms with Crippen LogP contribution in [-0.4, -0.2) is 32.1 Å². The Morgan fingerprint density at radius 2 is 1.96 bits per heavy atom. The number of allylic oxidation sites excluding steroid dienone is 1. The Kier molecular flexibility index (Phi) is 6.18. The number of hydrogen-bond acceptors (Lipinski definition) is 3. The van der Waals surface area contributed by atoms with E-state index in [-0.39, 0.29) is 20.7 Å². The molecule has 0 unspecified atom stereocenters. The van der Waals surface area contributed by atoms with Crippen LogP contribution in [0, 0.1) is 3.70 Å². The van der Waals surface area contributed by atoms with E-state index < -0.39 is 0 Å². The summed E-state index contributed by atoms with van der Waals surface area (Å²) in [6.07, 6.45) is 10.9. The van der Waals surface area contributed by atoms with E-state index >= 15 is 0 Å². The molecule has 0 spiro atoms. The Hall–Kier alpha value is -1.74. The minimum Gasteiger partial charge on any atom is -0.361 e. The molecule has 6 heteroatoms. The lowest BCUT2D eigenvalue weighted by molar-refractivity contribution is 0.269. The molecule has 0 saturated carbocycles. The number of fused-ring (bicyclic) bond motifs is 2. The molecule has 0 bridgehead atoms. The van der Waals surface area contributed by atoms with Gasteiger partial charge < -0.3 is 15.3 Å². The normalized spacial score (nSPS) is 13.3. The number of nitrogens with one attached hydrogen (secondary N) is 3. The van der Waals surface area contributed by atoms with Gasteiger partial charge in [-0.2, -0.15) is 0 Å². The van der Waals surface area contributed by atoms with E-state index in [0.717, 1.165) is 39.0 Å². The van der Waals surface area contributed by atoms with Crippen molar-refractivity contribution in [2.24, 2.45) is 5.84 Å². The lowest BCUT2D eigenvalue weighted by Crippen LogP contribution is -2.31. The van der Waals surface area contributed by atoms with Gasteiger partial charge in [-0.1, -0.05) is 51.1 Å². The molecule has 1 aliphatic rings. The van der Waals surface area contributed by atoms with Crippen molar-refractivity contribution in [3.05, 3.63) is 63.1 Å². The second kappa shape index (κ2) is 8.97. The molecule has 3 heterocycles. The number of nitrogens with zero attached hydrogens (tertiary/aromatic N) is 1. The van der Waals surface area contributed by atoms with Gasteiger partial charge in [-0.25, -0.2) is 5.01 Å². The first kappa shape index (κ1) is 18.6. The van der Waals surface area contributed by atoms with E-state index in [9.17, 15) is 0 Å². The molecule has 0 amide bonds. The zero-order chi connectivity index (χ0) is 18.5. The molecule has 3 aromatic rings. The van der Waals surface area contributed by atoms with Gasteiger partial charge in [-0.3, -0.25) is 5.84 Å². The minimum atomic E-state index is 0.0362. The van der Waals surface area contributed by atoms with Crippen LogP contribution < -0.4 is 11.2 Å². The molecular weight excluding hydrogens is 449 g/mol. The summed E-state index contributed by atoms with van der Waals surface area (Å²) in [5.74, 6) is 6.21. The SMILES string of the molecule is NN(CCCCNCc1c[nH]c2c1C=CC=I2)Cc1c[nH]c2ccccc12. The van der Waals surface area contributed by atoms with Crippen molar-refractivity contribution in [1.29, 1.82) is 0 Å². The standard InChI is InChI=1S/C21H26IN5/c23-27(15-17-14-25-20-8-2-1-6-18(17)20)11-4-3-10-24-12-16-13-26-21-19(16)7-5-9-22-21/h1-2,5-9,13-14,24-26H,3-4,10-12,15,23H2. The predicted octanol–water partition coefficient (Wildman–Crippen LogP) is 3.71. The molecule has 4 rings (SSSR count). The van der Waals surface area contributed by atoms with Gasteiger partial charge in [-0.05, 0) is 40.6 Å². The molecule has 1 aromatic carbocycles. The number of H-pyrrole nitrogens is 2. The topological polar surface area (TPSA) is 72.9 Å². The van der Waals surface area contributed by atoms with E-state index in [2.05, 4.69) is 68.1 Å². The average molecular weight is 475 g/mol. The number of hydrogen-bond donors (Lipinski definition) is 4. The first-order valence-corrected chi connectivity index (χ1v) is 11.7. The lowest BCUT2D eigenvalue weighted by atomic mass is 10.1. The minimum absolute atomic E-state index is 0.0362. The van der Waals surface area contributed by atoms with Crippen molar-refractivity contribution in [2.45, 2.75) is 25.9 Å². The fourth-order valence-electron chi connectivity index (χ4n) is 3.44. The highest BCUT2D eigenvalue weighted by molar-refractivity contribution is 14.2. The maximum absolute atomic E-state index is 6.21. The molecule has 0 saturated heterocycles. The third kappa shape index (κ3) is 4.57. The smallest absolute Gasteiger partial charge is 0.0792 e. The van der Waals surface area contributed by atoms with Gasteiger partial charge in [0.1, 0.15) is 0 Å². The molecule has 142 valence electrons. The Labute approximate surface area is 169 Å². The number of benzene rings is 1. The summed E-state index contributed by atoms with van der Waals surface area (Å²) >= 11 is 0.0362. The average Bonchev–Trinajstić information content (AvgIpc) is 3.29. The Balaban J connectivity index is 1.16. The van der Waals surface area contributed by atoms with Gasteiger partial charge >= 0.3 is 0 Å². The number of hydrazine groups is 1. The van der Waals surface area contributed by atoms with Gasteiger partial charge in [0.25, 0.3) is 0 Å². The Morgan fingerprint density at radius 3 is 2.93 bits per heavy atom. The molecule has 27 heavy (non-hydrogen) atoms. The number of aromatic nitrogens is 2. The van der Waals surface area contributed by atoms with Crippen LogP contribution in [0.5, 0.6) is 0 Å². The monoisotopic (exact) mass is 475 g/mol. The summed E-state index contributed by atoms with van der Waals surface area (Å²) in [6.45, 7) is 3.64. The van der Waals surface area contributed by atoms with E-state index in [4.69, 9.17) is 5.84 Å². The third-order valence-corrected chi connectivity index (χ3v) is 7.17. The summed E-state index contributed by atoms with van der Waals surface area (Å²) in [6, 6.07) is 8.37. The number of aromatic amines is 2. The Bertz CT molecular complexity index is 953. The van der Waals surface area contributed by atoms with Crippen molar-refractivity contribution >= 4 is 41.7 Å². The number of nitrogens with two attached hydrogens (primary N) is 1. The van der Waals surface area contributed by atoms with Gasteiger partial charge in [0.15, 0.2) is 0 Å². The summed E-state index contributed by atoms with van der Waals surface area (Å²) in [5.41, 5.74) is 5.22. The zero-order valence-electron chi connectivity index (χ0n) is 15.3. The first-order chi connectivity index (χ1) is 13.3. The van der Waals surface area contributed by atoms with Crippen LogP contribution in [0.25, 0.3) is 17.0 Å². The Morgan fingerprint density at radius 1 is 1.07 bits per heavy atom. The summed E-state index contributed by atoms with van der Waals surface area (Å²) < 4.78 is 3.73. The van der Waals surface area contributed by atoms with E-state index in [0.29, 0.717) is 0 Å². The lowest BCUT2D eigenvalue weighted by Gasteiger charge is -2.15. The van der Waals surface area contributed by atoms with Crippen molar-refractivity contribution in [1.82, 2.24) is 20.3 Å². The number of unbranched alkanes of at least 4 members (excludes halogenated alkanes) is 1. The van der Waals surface area contributed by atoms with Crippen LogP contribution in [0.4, 0.5) is 0 Å². The van der Waals surface area contributed by atoms with Gasteiger partial charge in [0.2, 0.25) is 0 Å². The van der Waals surface area contributed by atoms with Gasteiger partial charge in [0, 0.05) is 48.5 Å². The molecule has 5 nitrogen and oxygen atoms in total. The highest BCUT2D eigenvalue weighted by atomic mass is 127. The fraction of sp³-hybridized carbons (Fsp3) is 0.286. The molecule has 1 aliphatic heterocycles. The van der Waals surface area contributed by atoms with Gasteiger partial charge in [-0.15, -0.1) is 0 Å². The second-order valence-corrected chi connectivity index (χ2v) is 9.27. The summed E-state index contributed by atoms with van der Waals surface area (Å²) in [5, 5.41) is 6.75. The number of rotatable bonds is 9. The van der Waals surface area contributed by atoms with Crippen LogP contribution in [0.3, 0.4) is 0 Å². The summed E-state index contributed by atoms with van der Waals surface area (Å²) in [7, 11) is 0.